The van der Waals surface area contributed by atoms with E-state index in [0.717, 1.165) is 5.69 Å². The number of ether oxygens (including phenoxy) is 1. The highest BCUT2D eigenvalue weighted by molar-refractivity contribution is 6.30. The average Bonchev–Trinajstić information content (AvgIpc) is 3.30. The molecule has 2 heterocycles. The van der Waals surface area contributed by atoms with Crippen molar-refractivity contribution in [2.45, 2.75) is 12.6 Å². The molecule has 0 radical (unpaired) electrons. The molecular weight excluding hydrogens is 445 g/mol. The molecule has 0 spiro atoms. The predicted octanol–water partition coefficient (Wildman–Crippen LogP) is 4.00. The molecule has 8 heteroatoms. The minimum Gasteiger partial charge on any atom is -0.383 e. The van der Waals surface area contributed by atoms with E-state index in [4.69, 9.17) is 16.3 Å². The van der Waals surface area contributed by atoms with Gasteiger partial charge in [0.1, 0.15) is 12.4 Å². The molecule has 0 bridgehead atoms. The summed E-state index contributed by atoms with van der Waals surface area (Å²) in [7, 11) is 1.55. The molecule has 0 saturated carbocycles. The molecule has 1 atom stereocenters. The number of aromatic nitrogens is 1. The number of amides is 2. The average molecular weight is 470 g/mol. The first kappa shape index (κ1) is 23.0. The van der Waals surface area contributed by atoms with E-state index in [1.165, 1.54) is 17.0 Å². The first-order valence-corrected chi connectivity index (χ1v) is 11.1. The Bertz CT molecular complexity index is 1130. The molecule has 1 aliphatic rings. The second-order valence-corrected chi connectivity index (χ2v) is 8.33. The van der Waals surface area contributed by atoms with Gasteiger partial charge in [-0.2, -0.15) is 0 Å². The minimum absolute atomic E-state index is 0.114. The second-order valence-electron chi connectivity index (χ2n) is 7.90. The summed E-state index contributed by atoms with van der Waals surface area (Å²) in [6, 6.07) is 16.3. The lowest BCUT2D eigenvalue weighted by Crippen LogP contribution is -2.48. The van der Waals surface area contributed by atoms with Crippen molar-refractivity contribution in [3.63, 3.8) is 0 Å². The quantitative estimate of drug-likeness (QED) is 0.525. The highest BCUT2D eigenvalue weighted by Crippen LogP contribution is 2.33. The van der Waals surface area contributed by atoms with E-state index in [-0.39, 0.29) is 30.7 Å². The molecule has 2 aromatic carbocycles. The van der Waals surface area contributed by atoms with Crippen molar-refractivity contribution in [1.82, 2.24) is 14.4 Å². The molecule has 0 aliphatic carbocycles. The zero-order valence-corrected chi connectivity index (χ0v) is 19.0. The molecule has 2 amide bonds. The number of carbonyl (C=O) groups excluding carboxylic acids is 2. The fourth-order valence-electron chi connectivity index (χ4n) is 4.16. The van der Waals surface area contributed by atoms with Crippen LogP contribution in [0.25, 0.3) is 0 Å². The number of hydrogen-bond donors (Lipinski definition) is 0. The van der Waals surface area contributed by atoms with Crippen molar-refractivity contribution in [3.8, 4) is 0 Å². The first-order chi connectivity index (χ1) is 16.0. The van der Waals surface area contributed by atoms with Gasteiger partial charge in [-0.1, -0.05) is 23.7 Å². The van der Waals surface area contributed by atoms with E-state index in [0.29, 0.717) is 35.8 Å². The van der Waals surface area contributed by atoms with Crippen LogP contribution in [0.4, 0.5) is 4.39 Å². The van der Waals surface area contributed by atoms with Crippen LogP contribution < -0.4 is 0 Å². The zero-order valence-electron chi connectivity index (χ0n) is 18.3. The number of fused-ring (bicyclic) bond motifs is 1. The zero-order chi connectivity index (χ0) is 23.4. The van der Waals surface area contributed by atoms with Crippen LogP contribution in [0.5, 0.6) is 0 Å². The summed E-state index contributed by atoms with van der Waals surface area (Å²) in [6.07, 6.45) is 1.96. The molecule has 0 fully saturated rings. The number of nitrogens with zero attached hydrogens (tertiary/aromatic N) is 3. The standard InChI is InChI=1S/C25H25ClFN3O3/c1-33-15-14-29(25(32)18-7-9-20(26)10-8-18)17-23(31)30-13-12-28-11-3-6-22(28)24(30)19-4-2-5-21(27)16-19/h2-11,16,24H,12-15,17H2,1H3. The van der Waals surface area contributed by atoms with Crippen LogP contribution >= 0.6 is 11.6 Å². The van der Waals surface area contributed by atoms with Crippen LogP contribution in [0.1, 0.15) is 27.7 Å². The Morgan fingerprint density at radius 2 is 1.91 bits per heavy atom. The molecule has 6 nitrogen and oxygen atoms in total. The predicted molar refractivity (Wildman–Crippen MR) is 124 cm³/mol. The molecule has 4 rings (SSSR count). The number of carbonyl (C=O) groups is 2. The second kappa shape index (κ2) is 10.2. The summed E-state index contributed by atoms with van der Waals surface area (Å²) >= 11 is 5.95. The Kier molecular flexibility index (Phi) is 7.11. The third kappa shape index (κ3) is 5.10. The van der Waals surface area contributed by atoms with Crippen molar-refractivity contribution in [2.24, 2.45) is 0 Å². The third-order valence-corrected chi connectivity index (χ3v) is 6.04. The van der Waals surface area contributed by atoms with Crippen molar-refractivity contribution in [1.29, 1.82) is 0 Å². The first-order valence-electron chi connectivity index (χ1n) is 10.7. The van der Waals surface area contributed by atoms with Gasteiger partial charge in [0, 0.05) is 49.2 Å². The lowest BCUT2D eigenvalue weighted by atomic mass is 9.99. The summed E-state index contributed by atoms with van der Waals surface area (Å²) in [5.41, 5.74) is 2.04. The molecule has 3 aromatic rings. The van der Waals surface area contributed by atoms with Crippen LogP contribution in [0.3, 0.4) is 0 Å². The molecule has 33 heavy (non-hydrogen) atoms. The molecule has 0 N–H and O–H groups in total. The van der Waals surface area contributed by atoms with Gasteiger partial charge in [-0.25, -0.2) is 4.39 Å². The number of hydrogen-bond acceptors (Lipinski definition) is 3. The summed E-state index contributed by atoms with van der Waals surface area (Å²) in [5, 5.41) is 0.528. The highest BCUT2D eigenvalue weighted by Gasteiger charge is 2.33. The molecule has 1 aliphatic heterocycles. The molecule has 1 unspecified atom stereocenters. The summed E-state index contributed by atoms with van der Waals surface area (Å²) in [4.78, 5) is 29.9. The van der Waals surface area contributed by atoms with E-state index < -0.39 is 6.04 Å². The van der Waals surface area contributed by atoms with E-state index in [1.807, 2.05) is 24.4 Å². The third-order valence-electron chi connectivity index (χ3n) is 5.79. The normalized spacial score (nSPS) is 15.2. The Balaban J connectivity index is 1.61. The fourth-order valence-corrected chi connectivity index (χ4v) is 4.29. The number of benzene rings is 2. The highest BCUT2D eigenvalue weighted by atomic mass is 35.5. The van der Waals surface area contributed by atoms with Gasteiger partial charge in [0.2, 0.25) is 5.91 Å². The van der Waals surface area contributed by atoms with E-state index in [2.05, 4.69) is 4.57 Å². The fraction of sp³-hybridized carbons (Fsp3) is 0.280. The lowest BCUT2D eigenvalue weighted by molar-refractivity contribution is -0.134. The Hall–Kier alpha value is -3.16. The Morgan fingerprint density at radius 3 is 2.64 bits per heavy atom. The van der Waals surface area contributed by atoms with Gasteiger partial charge < -0.3 is 19.1 Å². The van der Waals surface area contributed by atoms with Crippen LogP contribution in [0.2, 0.25) is 5.02 Å². The monoisotopic (exact) mass is 469 g/mol. The molecule has 172 valence electrons. The van der Waals surface area contributed by atoms with Gasteiger partial charge in [0.25, 0.3) is 5.91 Å². The van der Waals surface area contributed by atoms with Gasteiger partial charge in [0.05, 0.1) is 12.6 Å². The van der Waals surface area contributed by atoms with E-state index >= 15 is 0 Å². The Morgan fingerprint density at radius 1 is 1.12 bits per heavy atom. The number of halogens is 2. The summed E-state index contributed by atoms with van der Waals surface area (Å²) < 4.78 is 21.3. The van der Waals surface area contributed by atoms with Gasteiger partial charge in [-0.05, 0) is 54.1 Å². The van der Waals surface area contributed by atoms with Gasteiger partial charge in [-0.15, -0.1) is 0 Å². The van der Waals surface area contributed by atoms with Crippen molar-refractivity contribution in [2.75, 3.05) is 33.4 Å². The Labute approximate surface area is 197 Å². The van der Waals surface area contributed by atoms with E-state index in [9.17, 15) is 14.0 Å². The van der Waals surface area contributed by atoms with Crippen LogP contribution in [0.15, 0.2) is 66.9 Å². The largest absolute Gasteiger partial charge is 0.383 e. The molecule has 0 saturated heterocycles. The number of methoxy groups -OCH3 is 1. The summed E-state index contributed by atoms with van der Waals surface area (Å²) in [6.45, 7) is 1.52. The maximum Gasteiger partial charge on any atom is 0.254 e. The van der Waals surface area contributed by atoms with Crippen molar-refractivity contribution >= 4 is 23.4 Å². The number of rotatable bonds is 7. The van der Waals surface area contributed by atoms with Gasteiger partial charge in [0.15, 0.2) is 0 Å². The van der Waals surface area contributed by atoms with Gasteiger partial charge >= 0.3 is 0 Å². The molecular formula is C25H25ClFN3O3. The van der Waals surface area contributed by atoms with Crippen LogP contribution in [-0.4, -0.2) is 59.5 Å². The van der Waals surface area contributed by atoms with Crippen molar-refractivity contribution in [3.05, 3.63) is 94.5 Å². The smallest absolute Gasteiger partial charge is 0.254 e. The lowest BCUT2D eigenvalue weighted by Gasteiger charge is -2.38. The topological polar surface area (TPSA) is 54.8 Å². The summed E-state index contributed by atoms with van der Waals surface area (Å²) in [5.74, 6) is -0.849. The van der Waals surface area contributed by atoms with Crippen LogP contribution in [-0.2, 0) is 16.1 Å². The molecule has 1 aromatic heterocycles. The van der Waals surface area contributed by atoms with E-state index in [1.54, 1.807) is 42.3 Å². The van der Waals surface area contributed by atoms with Crippen LogP contribution in [0, 0.1) is 5.82 Å². The SMILES string of the molecule is COCCN(CC(=O)N1CCn2cccc2C1c1cccc(F)c1)C(=O)c1ccc(Cl)cc1. The van der Waals surface area contributed by atoms with Crippen molar-refractivity contribution < 1.29 is 18.7 Å². The maximum atomic E-state index is 14.0. The minimum atomic E-state index is -0.438. The van der Waals surface area contributed by atoms with Gasteiger partial charge in [-0.3, -0.25) is 9.59 Å². The maximum absolute atomic E-state index is 14.0.